The molecular formula is C17H28Cl2N4O2. The number of rotatable bonds is 7. The Morgan fingerprint density at radius 1 is 1.16 bits per heavy atom. The minimum atomic E-state index is -0.0717. The van der Waals surface area contributed by atoms with Crippen molar-refractivity contribution in [1.29, 1.82) is 0 Å². The van der Waals surface area contributed by atoms with E-state index in [2.05, 4.69) is 16.0 Å². The predicted octanol–water partition coefficient (Wildman–Crippen LogP) is 1.19. The molecule has 0 saturated carbocycles. The third-order valence-corrected chi connectivity index (χ3v) is 3.90. The van der Waals surface area contributed by atoms with E-state index < -0.39 is 0 Å². The molecule has 2 amide bonds. The van der Waals surface area contributed by atoms with Gasteiger partial charge in [0.15, 0.2) is 0 Å². The van der Waals surface area contributed by atoms with Crippen LogP contribution in [-0.2, 0) is 11.3 Å². The molecule has 0 radical (unpaired) electrons. The van der Waals surface area contributed by atoms with Crippen LogP contribution in [0.3, 0.4) is 0 Å². The van der Waals surface area contributed by atoms with Gasteiger partial charge in [-0.05, 0) is 51.2 Å². The summed E-state index contributed by atoms with van der Waals surface area (Å²) in [5.41, 5.74) is 1.62. The first-order chi connectivity index (χ1) is 11.1. The summed E-state index contributed by atoms with van der Waals surface area (Å²) >= 11 is 0. The molecule has 1 aliphatic heterocycles. The number of halogens is 2. The van der Waals surface area contributed by atoms with Gasteiger partial charge in [0.1, 0.15) is 0 Å². The highest BCUT2D eigenvalue weighted by Crippen LogP contribution is 2.07. The number of likely N-dealkylation sites (N-methyl/N-ethyl adjacent to an activating group) is 1. The van der Waals surface area contributed by atoms with E-state index in [1.807, 2.05) is 31.1 Å². The van der Waals surface area contributed by atoms with Gasteiger partial charge >= 0.3 is 0 Å². The maximum Gasteiger partial charge on any atom is 0.251 e. The van der Waals surface area contributed by atoms with Gasteiger partial charge in [0, 0.05) is 25.2 Å². The maximum absolute atomic E-state index is 12.0. The number of nitrogens with zero attached hydrogens (tertiary/aromatic N) is 1. The van der Waals surface area contributed by atoms with E-state index in [0.29, 0.717) is 18.7 Å². The Balaban J connectivity index is 0.00000288. The van der Waals surface area contributed by atoms with Crippen LogP contribution in [0.1, 0.15) is 28.8 Å². The topological polar surface area (TPSA) is 73.5 Å². The summed E-state index contributed by atoms with van der Waals surface area (Å²) in [5.74, 6) is -0.0226. The Hall–Kier alpha value is -1.34. The van der Waals surface area contributed by atoms with Crippen molar-refractivity contribution >= 4 is 36.6 Å². The van der Waals surface area contributed by atoms with Crippen molar-refractivity contribution in [3.63, 3.8) is 0 Å². The number of hydrogen-bond acceptors (Lipinski definition) is 4. The number of benzene rings is 1. The van der Waals surface area contributed by atoms with Crippen LogP contribution in [0.2, 0.25) is 0 Å². The Labute approximate surface area is 161 Å². The Morgan fingerprint density at radius 3 is 2.40 bits per heavy atom. The quantitative estimate of drug-likeness (QED) is 0.653. The minimum Gasteiger partial charge on any atom is -0.351 e. The summed E-state index contributed by atoms with van der Waals surface area (Å²) < 4.78 is 0. The fraction of sp³-hybridized carbons (Fsp3) is 0.529. The molecule has 1 aromatic rings. The van der Waals surface area contributed by atoms with E-state index in [4.69, 9.17) is 0 Å². The van der Waals surface area contributed by atoms with Crippen LogP contribution < -0.4 is 16.0 Å². The van der Waals surface area contributed by atoms with Crippen molar-refractivity contribution in [2.45, 2.75) is 25.4 Å². The summed E-state index contributed by atoms with van der Waals surface area (Å²) in [4.78, 5) is 25.9. The number of nitrogens with one attached hydrogen (secondary N) is 3. The van der Waals surface area contributed by atoms with E-state index in [-0.39, 0.29) is 42.7 Å². The average molecular weight is 391 g/mol. The molecule has 142 valence electrons. The van der Waals surface area contributed by atoms with Gasteiger partial charge in [-0.2, -0.15) is 0 Å². The van der Waals surface area contributed by atoms with Crippen LogP contribution in [0.5, 0.6) is 0 Å². The van der Waals surface area contributed by atoms with E-state index in [1.54, 1.807) is 12.1 Å². The van der Waals surface area contributed by atoms with Crippen LogP contribution in [-0.4, -0.2) is 56.5 Å². The molecule has 3 N–H and O–H groups in total. The van der Waals surface area contributed by atoms with Crippen molar-refractivity contribution in [1.82, 2.24) is 20.9 Å². The van der Waals surface area contributed by atoms with Crippen molar-refractivity contribution in [3.8, 4) is 0 Å². The lowest BCUT2D eigenvalue weighted by atomic mass is 10.1. The lowest BCUT2D eigenvalue weighted by molar-refractivity contribution is -0.122. The van der Waals surface area contributed by atoms with Gasteiger partial charge in [0.2, 0.25) is 5.91 Å². The molecule has 8 heteroatoms. The Morgan fingerprint density at radius 2 is 1.84 bits per heavy atom. The fourth-order valence-corrected chi connectivity index (χ4v) is 2.49. The molecule has 1 heterocycles. The van der Waals surface area contributed by atoms with Gasteiger partial charge in [-0.25, -0.2) is 0 Å². The zero-order chi connectivity index (χ0) is 16.7. The summed E-state index contributed by atoms with van der Waals surface area (Å²) in [5, 5.41) is 8.98. The molecule has 0 spiro atoms. The lowest BCUT2D eigenvalue weighted by Gasteiger charge is -2.12. The molecule has 6 nitrogen and oxygen atoms in total. The van der Waals surface area contributed by atoms with E-state index >= 15 is 0 Å². The fourth-order valence-electron chi connectivity index (χ4n) is 2.49. The Kier molecular flexibility index (Phi) is 11.4. The second-order valence-electron chi connectivity index (χ2n) is 6.12. The van der Waals surface area contributed by atoms with Crippen LogP contribution in [0.4, 0.5) is 0 Å². The number of carbonyl (C=O) groups is 2. The first kappa shape index (κ1) is 23.7. The molecule has 1 aromatic carbocycles. The molecule has 1 saturated heterocycles. The summed E-state index contributed by atoms with van der Waals surface area (Å²) in [6.07, 6.45) is 1.95. The van der Waals surface area contributed by atoms with Gasteiger partial charge in [-0.15, -0.1) is 24.8 Å². The number of amides is 2. The molecule has 0 aliphatic carbocycles. The summed E-state index contributed by atoms with van der Waals surface area (Å²) in [7, 11) is 3.94. The van der Waals surface area contributed by atoms with Crippen LogP contribution in [0, 0.1) is 0 Å². The van der Waals surface area contributed by atoms with Gasteiger partial charge < -0.3 is 20.9 Å². The molecule has 0 aromatic heterocycles. The lowest BCUT2D eigenvalue weighted by Crippen LogP contribution is -2.40. The van der Waals surface area contributed by atoms with Crippen LogP contribution in [0.25, 0.3) is 0 Å². The molecule has 2 rings (SSSR count). The number of carbonyl (C=O) groups excluding carboxylic acids is 2. The first-order valence-electron chi connectivity index (χ1n) is 8.09. The minimum absolute atomic E-state index is 0. The van der Waals surface area contributed by atoms with Crippen molar-refractivity contribution < 1.29 is 9.59 Å². The van der Waals surface area contributed by atoms with E-state index in [9.17, 15) is 9.59 Å². The highest BCUT2D eigenvalue weighted by atomic mass is 35.5. The third kappa shape index (κ3) is 8.05. The van der Waals surface area contributed by atoms with Gasteiger partial charge in [0.05, 0.1) is 6.04 Å². The highest BCUT2D eigenvalue weighted by molar-refractivity contribution is 5.94. The van der Waals surface area contributed by atoms with Crippen LogP contribution >= 0.6 is 24.8 Å². The first-order valence-corrected chi connectivity index (χ1v) is 8.09. The molecule has 25 heavy (non-hydrogen) atoms. The van der Waals surface area contributed by atoms with Crippen LogP contribution in [0.15, 0.2) is 24.3 Å². The maximum atomic E-state index is 12.0. The van der Waals surface area contributed by atoms with Gasteiger partial charge in [0.25, 0.3) is 5.91 Å². The molecular weight excluding hydrogens is 363 g/mol. The SMILES string of the molecule is CN(C)CCNC(=O)c1ccc(CNC(=O)C2CCCN2)cc1.Cl.Cl. The standard InChI is InChI=1S/C17H26N4O2.2ClH/c1-21(2)11-10-19-16(22)14-7-5-13(6-8-14)12-20-17(23)15-4-3-9-18-15;;/h5-8,15,18H,3-4,9-12H2,1-2H3,(H,19,22)(H,20,23);2*1H. The smallest absolute Gasteiger partial charge is 0.251 e. The third-order valence-electron chi connectivity index (χ3n) is 3.90. The van der Waals surface area contributed by atoms with Crippen molar-refractivity contribution in [2.75, 3.05) is 33.7 Å². The molecule has 0 bridgehead atoms. The zero-order valence-electron chi connectivity index (χ0n) is 14.7. The van der Waals surface area contributed by atoms with Gasteiger partial charge in [-0.3, -0.25) is 9.59 Å². The summed E-state index contributed by atoms with van der Waals surface area (Å²) in [6, 6.07) is 7.28. The highest BCUT2D eigenvalue weighted by Gasteiger charge is 2.21. The normalized spacial score (nSPS) is 15.9. The largest absolute Gasteiger partial charge is 0.351 e. The van der Waals surface area contributed by atoms with E-state index in [0.717, 1.165) is 31.5 Å². The second kappa shape index (κ2) is 12.1. The second-order valence-corrected chi connectivity index (χ2v) is 6.12. The molecule has 1 unspecified atom stereocenters. The Bertz CT molecular complexity index is 532. The molecule has 1 atom stereocenters. The van der Waals surface area contributed by atoms with Crippen molar-refractivity contribution in [3.05, 3.63) is 35.4 Å². The molecule has 1 aliphatic rings. The monoisotopic (exact) mass is 390 g/mol. The zero-order valence-corrected chi connectivity index (χ0v) is 16.3. The van der Waals surface area contributed by atoms with Crippen molar-refractivity contribution in [2.24, 2.45) is 0 Å². The predicted molar refractivity (Wildman–Crippen MR) is 105 cm³/mol. The summed E-state index contributed by atoms with van der Waals surface area (Å²) in [6.45, 7) is 2.83. The average Bonchev–Trinajstić information content (AvgIpc) is 3.07. The number of hydrogen-bond donors (Lipinski definition) is 3. The van der Waals surface area contributed by atoms with Gasteiger partial charge in [-0.1, -0.05) is 12.1 Å². The molecule has 1 fully saturated rings. The van der Waals surface area contributed by atoms with E-state index in [1.165, 1.54) is 0 Å².